The quantitative estimate of drug-likeness (QED) is 0.765. The SMILES string of the molecule is Cc1cc(NC(=O)c2cccc(=O)[nH]2)n(Cc2ccccc2Cl)n1. The summed E-state index contributed by atoms with van der Waals surface area (Å²) in [6.45, 7) is 2.26. The normalized spacial score (nSPS) is 10.6. The summed E-state index contributed by atoms with van der Waals surface area (Å²) < 4.78 is 1.66. The molecule has 0 aliphatic rings. The summed E-state index contributed by atoms with van der Waals surface area (Å²) in [6, 6.07) is 13.6. The average molecular weight is 343 g/mol. The molecule has 0 fully saturated rings. The Hall–Kier alpha value is -2.86. The van der Waals surface area contributed by atoms with Crippen LogP contribution in [0.15, 0.2) is 53.3 Å². The minimum atomic E-state index is -0.409. The molecule has 3 rings (SSSR count). The molecule has 6 nitrogen and oxygen atoms in total. The van der Waals surface area contributed by atoms with E-state index in [2.05, 4.69) is 15.4 Å². The Morgan fingerprint density at radius 2 is 2.04 bits per heavy atom. The Morgan fingerprint density at radius 3 is 2.79 bits per heavy atom. The number of pyridine rings is 1. The Balaban J connectivity index is 1.85. The smallest absolute Gasteiger partial charge is 0.273 e. The number of H-pyrrole nitrogens is 1. The third-order valence-electron chi connectivity index (χ3n) is 3.43. The second-order valence-electron chi connectivity index (χ2n) is 5.30. The highest BCUT2D eigenvalue weighted by Gasteiger charge is 2.13. The van der Waals surface area contributed by atoms with Crippen LogP contribution in [0.25, 0.3) is 0 Å². The van der Waals surface area contributed by atoms with Crippen molar-refractivity contribution in [1.29, 1.82) is 0 Å². The van der Waals surface area contributed by atoms with Crippen molar-refractivity contribution in [2.24, 2.45) is 0 Å². The number of rotatable bonds is 4. The summed E-state index contributed by atoms with van der Waals surface area (Å²) in [5.41, 5.74) is 1.51. The molecule has 0 saturated heterocycles. The lowest BCUT2D eigenvalue weighted by Gasteiger charge is -2.10. The monoisotopic (exact) mass is 342 g/mol. The molecule has 0 bridgehead atoms. The largest absolute Gasteiger partial charge is 0.318 e. The summed E-state index contributed by atoms with van der Waals surface area (Å²) in [4.78, 5) is 26.1. The molecule has 0 saturated carbocycles. The Labute approximate surface area is 143 Å². The van der Waals surface area contributed by atoms with Gasteiger partial charge in [-0.2, -0.15) is 5.10 Å². The average Bonchev–Trinajstić information content (AvgIpc) is 2.89. The highest BCUT2D eigenvalue weighted by atomic mass is 35.5. The molecular formula is C17H15ClN4O2. The highest BCUT2D eigenvalue weighted by Crippen LogP contribution is 2.19. The highest BCUT2D eigenvalue weighted by molar-refractivity contribution is 6.31. The first kappa shape index (κ1) is 16.0. The van der Waals surface area contributed by atoms with E-state index >= 15 is 0 Å². The number of amides is 1. The molecule has 2 N–H and O–H groups in total. The number of nitrogens with one attached hydrogen (secondary N) is 2. The lowest BCUT2D eigenvalue weighted by molar-refractivity contribution is 0.102. The maximum absolute atomic E-state index is 12.3. The van der Waals surface area contributed by atoms with Gasteiger partial charge in [0.25, 0.3) is 5.91 Å². The second-order valence-corrected chi connectivity index (χ2v) is 5.71. The van der Waals surface area contributed by atoms with Gasteiger partial charge >= 0.3 is 0 Å². The van der Waals surface area contributed by atoms with E-state index < -0.39 is 5.91 Å². The lowest BCUT2D eigenvalue weighted by atomic mass is 10.2. The van der Waals surface area contributed by atoms with Gasteiger partial charge in [0.05, 0.1) is 12.2 Å². The predicted molar refractivity (Wildman–Crippen MR) is 92.5 cm³/mol. The molecule has 2 aromatic heterocycles. The Bertz CT molecular complexity index is 946. The maximum atomic E-state index is 12.3. The molecule has 1 amide bonds. The molecule has 24 heavy (non-hydrogen) atoms. The maximum Gasteiger partial charge on any atom is 0.273 e. The molecular weight excluding hydrogens is 328 g/mol. The third-order valence-corrected chi connectivity index (χ3v) is 3.80. The molecule has 1 aromatic carbocycles. The van der Waals surface area contributed by atoms with Crippen LogP contribution in [0.5, 0.6) is 0 Å². The van der Waals surface area contributed by atoms with Crippen LogP contribution in [0.2, 0.25) is 5.02 Å². The van der Waals surface area contributed by atoms with E-state index in [9.17, 15) is 9.59 Å². The molecule has 3 aromatic rings. The topological polar surface area (TPSA) is 79.8 Å². The number of aromatic nitrogens is 3. The molecule has 7 heteroatoms. The second kappa shape index (κ2) is 6.72. The first-order chi connectivity index (χ1) is 11.5. The van der Waals surface area contributed by atoms with Gasteiger partial charge in [-0.05, 0) is 24.6 Å². The Morgan fingerprint density at radius 1 is 1.25 bits per heavy atom. The Kier molecular flexibility index (Phi) is 4.48. The van der Waals surface area contributed by atoms with E-state index in [1.165, 1.54) is 12.1 Å². The van der Waals surface area contributed by atoms with Crippen LogP contribution < -0.4 is 10.9 Å². The third kappa shape index (κ3) is 3.55. The van der Waals surface area contributed by atoms with Crippen molar-refractivity contribution in [2.45, 2.75) is 13.5 Å². The fourth-order valence-electron chi connectivity index (χ4n) is 2.32. The zero-order chi connectivity index (χ0) is 17.1. The number of anilines is 1. The van der Waals surface area contributed by atoms with Crippen molar-refractivity contribution in [3.63, 3.8) is 0 Å². The van der Waals surface area contributed by atoms with E-state index in [-0.39, 0.29) is 11.3 Å². The number of aryl methyl sites for hydroxylation is 1. The first-order valence-electron chi connectivity index (χ1n) is 7.31. The van der Waals surface area contributed by atoms with Crippen LogP contribution in [0.1, 0.15) is 21.7 Å². The molecule has 122 valence electrons. The molecule has 0 unspecified atom stereocenters. The van der Waals surface area contributed by atoms with Crippen molar-refractivity contribution >= 4 is 23.3 Å². The van der Waals surface area contributed by atoms with Crippen LogP contribution in [0.4, 0.5) is 5.82 Å². The number of aromatic amines is 1. The summed E-state index contributed by atoms with van der Waals surface area (Å²) in [7, 11) is 0. The number of nitrogens with zero attached hydrogens (tertiary/aromatic N) is 2. The zero-order valence-electron chi connectivity index (χ0n) is 12.9. The summed E-state index contributed by atoms with van der Waals surface area (Å²) in [6.07, 6.45) is 0. The minimum absolute atomic E-state index is 0.186. The van der Waals surface area contributed by atoms with Gasteiger partial charge in [-0.1, -0.05) is 35.9 Å². The van der Waals surface area contributed by atoms with Crippen molar-refractivity contribution in [2.75, 3.05) is 5.32 Å². The summed E-state index contributed by atoms with van der Waals surface area (Å²) in [5, 5.41) is 7.78. The number of carbonyl (C=O) groups excluding carboxylic acids is 1. The van der Waals surface area contributed by atoms with E-state index in [0.717, 1.165) is 11.3 Å². The van der Waals surface area contributed by atoms with Gasteiger partial charge in [-0.3, -0.25) is 9.59 Å². The zero-order valence-corrected chi connectivity index (χ0v) is 13.7. The molecule has 0 radical (unpaired) electrons. The van der Waals surface area contributed by atoms with Gasteiger partial charge in [-0.15, -0.1) is 0 Å². The number of carbonyl (C=O) groups is 1. The van der Waals surface area contributed by atoms with Crippen LogP contribution >= 0.6 is 11.6 Å². The minimum Gasteiger partial charge on any atom is -0.318 e. The predicted octanol–water partition coefficient (Wildman–Crippen LogP) is 2.83. The van der Waals surface area contributed by atoms with Gasteiger partial charge in [0.15, 0.2) is 0 Å². The van der Waals surface area contributed by atoms with Crippen molar-refractivity contribution in [3.05, 3.63) is 80.9 Å². The van der Waals surface area contributed by atoms with E-state index in [4.69, 9.17) is 11.6 Å². The summed E-state index contributed by atoms with van der Waals surface area (Å²) in [5.74, 6) is 0.120. The van der Waals surface area contributed by atoms with Crippen LogP contribution in [0, 0.1) is 6.92 Å². The standard InChI is InChI=1S/C17H15ClN4O2/c1-11-9-15(20-17(24)14-7-4-8-16(23)19-14)22(21-11)10-12-5-2-3-6-13(12)18/h2-9H,10H2,1H3,(H,19,23)(H,20,24). The van der Waals surface area contributed by atoms with Crippen molar-refractivity contribution < 1.29 is 4.79 Å². The number of benzene rings is 1. The number of halogens is 1. The molecule has 0 atom stereocenters. The van der Waals surface area contributed by atoms with Gasteiger partial charge in [0, 0.05) is 17.2 Å². The molecule has 0 aliphatic heterocycles. The van der Waals surface area contributed by atoms with Crippen molar-refractivity contribution in [1.82, 2.24) is 14.8 Å². The van der Waals surface area contributed by atoms with Gasteiger partial charge in [0.1, 0.15) is 11.5 Å². The van der Waals surface area contributed by atoms with Gasteiger partial charge in [-0.25, -0.2) is 4.68 Å². The van der Waals surface area contributed by atoms with Crippen molar-refractivity contribution in [3.8, 4) is 0 Å². The number of hydrogen-bond donors (Lipinski definition) is 2. The van der Waals surface area contributed by atoms with E-state index in [0.29, 0.717) is 17.4 Å². The van der Waals surface area contributed by atoms with E-state index in [1.54, 1.807) is 22.9 Å². The molecule has 2 heterocycles. The molecule has 0 aliphatic carbocycles. The van der Waals surface area contributed by atoms with Crippen LogP contribution in [-0.2, 0) is 6.54 Å². The fourth-order valence-corrected chi connectivity index (χ4v) is 2.51. The van der Waals surface area contributed by atoms with E-state index in [1.807, 2.05) is 25.1 Å². The fraction of sp³-hybridized carbons (Fsp3) is 0.118. The number of hydrogen-bond acceptors (Lipinski definition) is 3. The molecule has 0 spiro atoms. The van der Waals surface area contributed by atoms with Gasteiger partial charge in [0.2, 0.25) is 5.56 Å². The van der Waals surface area contributed by atoms with Gasteiger partial charge < -0.3 is 10.3 Å². The van der Waals surface area contributed by atoms with Crippen LogP contribution in [0.3, 0.4) is 0 Å². The lowest BCUT2D eigenvalue weighted by Crippen LogP contribution is -2.20. The van der Waals surface area contributed by atoms with Crippen LogP contribution in [-0.4, -0.2) is 20.7 Å². The summed E-state index contributed by atoms with van der Waals surface area (Å²) >= 11 is 6.18. The first-order valence-corrected chi connectivity index (χ1v) is 7.69.